The van der Waals surface area contributed by atoms with Gasteiger partial charge in [0.2, 0.25) is 5.91 Å². The van der Waals surface area contributed by atoms with Gasteiger partial charge < -0.3 is 10.2 Å². The summed E-state index contributed by atoms with van der Waals surface area (Å²) in [5, 5.41) is 16.4. The second kappa shape index (κ2) is 8.26. The first-order chi connectivity index (χ1) is 14.4. The molecule has 0 aliphatic carbocycles. The molecule has 0 radical (unpaired) electrons. The van der Waals surface area contributed by atoms with E-state index in [1.54, 1.807) is 4.68 Å². The number of para-hydroxylation sites is 1. The third-order valence-electron chi connectivity index (χ3n) is 5.78. The molecule has 1 saturated heterocycles. The van der Waals surface area contributed by atoms with Crippen LogP contribution in [0.2, 0.25) is 0 Å². The molecule has 1 N–H and O–H groups in total. The van der Waals surface area contributed by atoms with Crippen molar-refractivity contribution in [3.8, 4) is 5.82 Å². The number of piperidine rings is 1. The van der Waals surface area contributed by atoms with E-state index in [0.29, 0.717) is 5.82 Å². The number of hydrogen-bond acceptors (Lipinski definition) is 5. The van der Waals surface area contributed by atoms with E-state index < -0.39 is 0 Å². The predicted molar refractivity (Wildman–Crippen MR) is 118 cm³/mol. The van der Waals surface area contributed by atoms with Gasteiger partial charge in [-0.05, 0) is 69.9 Å². The highest BCUT2D eigenvalue weighted by molar-refractivity contribution is 5.94. The van der Waals surface area contributed by atoms with Crippen LogP contribution in [0.1, 0.15) is 35.4 Å². The molecule has 4 rings (SSSR count). The van der Waals surface area contributed by atoms with Gasteiger partial charge >= 0.3 is 0 Å². The largest absolute Gasteiger partial charge is 0.355 e. The topological polar surface area (TPSA) is 75.9 Å². The molecule has 1 aromatic carbocycles. The molecule has 156 valence electrons. The lowest BCUT2D eigenvalue weighted by Gasteiger charge is -2.32. The first-order valence-electron chi connectivity index (χ1n) is 10.4. The zero-order valence-electron chi connectivity index (χ0n) is 18.0. The fraction of sp³-hybridized carbons (Fsp3) is 0.391. The molecule has 7 nitrogen and oxygen atoms in total. The molecule has 1 aliphatic rings. The van der Waals surface area contributed by atoms with Gasteiger partial charge in [0.1, 0.15) is 0 Å². The van der Waals surface area contributed by atoms with E-state index in [1.165, 1.54) is 0 Å². The Morgan fingerprint density at radius 1 is 0.967 bits per heavy atom. The summed E-state index contributed by atoms with van der Waals surface area (Å²) in [5.74, 6) is 1.68. The van der Waals surface area contributed by atoms with Crippen molar-refractivity contribution in [1.29, 1.82) is 0 Å². The molecule has 1 amide bonds. The fourth-order valence-electron chi connectivity index (χ4n) is 4.07. The lowest BCUT2D eigenvalue weighted by Crippen LogP contribution is -2.38. The van der Waals surface area contributed by atoms with E-state index in [2.05, 4.69) is 25.5 Å². The molecule has 2 aromatic heterocycles. The Morgan fingerprint density at radius 2 is 1.60 bits per heavy atom. The maximum absolute atomic E-state index is 12.8. The molecule has 3 aromatic rings. The summed E-state index contributed by atoms with van der Waals surface area (Å²) in [4.78, 5) is 15.0. The van der Waals surface area contributed by atoms with E-state index in [1.807, 2.05) is 64.1 Å². The van der Waals surface area contributed by atoms with Gasteiger partial charge in [-0.2, -0.15) is 5.10 Å². The highest BCUT2D eigenvalue weighted by atomic mass is 16.1. The van der Waals surface area contributed by atoms with E-state index in [0.717, 1.165) is 60.0 Å². The first kappa shape index (κ1) is 20.1. The van der Waals surface area contributed by atoms with Crippen LogP contribution in [0.25, 0.3) is 5.82 Å². The average molecular weight is 405 g/mol. The minimum atomic E-state index is 0.0159. The van der Waals surface area contributed by atoms with Crippen LogP contribution in [0.15, 0.2) is 36.4 Å². The van der Waals surface area contributed by atoms with Crippen molar-refractivity contribution < 1.29 is 4.79 Å². The molecule has 0 saturated carbocycles. The van der Waals surface area contributed by atoms with Gasteiger partial charge in [-0.1, -0.05) is 18.2 Å². The van der Waals surface area contributed by atoms with E-state index in [4.69, 9.17) is 0 Å². The first-order valence-corrected chi connectivity index (χ1v) is 10.4. The van der Waals surface area contributed by atoms with Crippen LogP contribution in [-0.4, -0.2) is 39.0 Å². The third-order valence-corrected chi connectivity index (χ3v) is 5.78. The zero-order valence-corrected chi connectivity index (χ0v) is 18.0. The third kappa shape index (κ3) is 4.06. The summed E-state index contributed by atoms with van der Waals surface area (Å²) in [7, 11) is 0. The second-order valence-corrected chi connectivity index (χ2v) is 8.11. The van der Waals surface area contributed by atoms with Crippen molar-refractivity contribution in [3.63, 3.8) is 0 Å². The van der Waals surface area contributed by atoms with Gasteiger partial charge in [-0.3, -0.25) is 4.79 Å². The quantitative estimate of drug-likeness (QED) is 0.717. The maximum Gasteiger partial charge on any atom is 0.227 e. The molecule has 7 heteroatoms. The summed E-state index contributed by atoms with van der Waals surface area (Å²) in [6.45, 7) is 9.60. The van der Waals surface area contributed by atoms with Gasteiger partial charge in [0.25, 0.3) is 0 Å². The standard InChI is InChI=1S/C23H28N6O/c1-15-6-5-7-16(2)22(15)24-23(30)19-10-12-28(13-11-19)20-8-9-21(26-25-20)29-18(4)14-17(3)27-29/h5-9,14,19H,10-13H2,1-4H3,(H,24,30). The van der Waals surface area contributed by atoms with Crippen molar-refractivity contribution in [2.45, 2.75) is 40.5 Å². The van der Waals surface area contributed by atoms with Crippen LogP contribution >= 0.6 is 0 Å². The molecule has 0 atom stereocenters. The molecular weight excluding hydrogens is 376 g/mol. The van der Waals surface area contributed by atoms with Gasteiger partial charge in [0.05, 0.1) is 5.69 Å². The van der Waals surface area contributed by atoms with Gasteiger partial charge in [-0.15, -0.1) is 10.2 Å². The number of aryl methyl sites for hydroxylation is 4. The summed E-state index contributed by atoms with van der Waals surface area (Å²) in [6, 6.07) is 12.0. The smallest absolute Gasteiger partial charge is 0.227 e. The van der Waals surface area contributed by atoms with Crippen LogP contribution < -0.4 is 10.2 Å². The fourth-order valence-corrected chi connectivity index (χ4v) is 4.07. The molecule has 30 heavy (non-hydrogen) atoms. The SMILES string of the molecule is Cc1cc(C)n(-c2ccc(N3CCC(C(=O)Nc4c(C)cccc4C)CC3)nn2)n1. The minimum Gasteiger partial charge on any atom is -0.355 e. The van der Waals surface area contributed by atoms with Gasteiger partial charge in [0, 0.05) is 30.4 Å². The average Bonchev–Trinajstić information content (AvgIpc) is 3.09. The summed E-state index contributed by atoms with van der Waals surface area (Å²) >= 11 is 0. The van der Waals surface area contributed by atoms with Crippen molar-refractivity contribution in [2.24, 2.45) is 5.92 Å². The van der Waals surface area contributed by atoms with Crippen molar-refractivity contribution in [2.75, 3.05) is 23.3 Å². The Labute approximate surface area is 177 Å². The van der Waals surface area contributed by atoms with Crippen molar-refractivity contribution >= 4 is 17.4 Å². The van der Waals surface area contributed by atoms with Crippen LogP contribution in [0, 0.1) is 33.6 Å². The van der Waals surface area contributed by atoms with Crippen LogP contribution in [0.3, 0.4) is 0 Å². The summed E-state index contributed by atoms with van der Waals surface area (Å²) < 4.78 is 1.80. The number of aromatic nitrogens is 4. The van der Waals surface area contributed by atoms with E-state index in [9.17, 15) is 4.79 Å². The molecule has 1 fully saturated rings. The Bertz CT molecular complexity index is 1030. The summed E-state index contributed by atoms with van der Waals surface area (Å²) in [6.07, 6.45) is 1.61. The number of nitrogens with zero attached hydrogens (tertiary/aromatic N) is 5. The normalized spacial score (nSPS) is 14.7. The second-order valence-electron chi connectivity index (χ2n) is 8.11. The number of benzene rings is 1. The highest BCUT2D eigenvalue weighted by Crippen LogP contribution is 2.25. The molecule has 0 unspecified atom stereocenters. The molecular formula is C23H28N6O. The van der Waals surface area contributed by atoms with Gasteiger partial charge in [-0.25, -0.2) is 4.68 Å². The number of hydrogen-bond donors (Lipinski definition) is 1. The number of carbonyl (C=O) groups excluding carboxylic acids is 1. The number of anilines is 2. The number of nitrogens with one attached hydrogen (secondary N) is 1. The van der Waals surface area contributed by atoms with Gasteiger partial charge in [0.15, 0.2) is 11.6 Å². The molecule has 3 heterocycles. The van der Waals surface area contributed by atoms with E-state index in [-0.39, 0.29) is 11.8 Å². The zero-order chi connectivity index (χ0) is 21.3. The molecule has 1 aliphatic heterocycles. The Morgan fingerprint density at radius 3 is 2.17 bits per heavy atom. The minimum absolute atomic E-state index is 0.0159. The monoisotopic (exact) mass is 404 g/mol. The highest BCUT2D eigenvalue weighted by Gasteiger charge is 2.26. The van der Waals surface area contributed by atoms with E-state index >= 15 is 0 Å². The predicted octanol–water partition coefficient (Wildman–Crippen LogP) is 3.75. The van der Waals surface area contributed by atoms with Crippen LogP contribution in [0.4, 0.5) is 11.5 Å². The maximum atomic E-state index is 12.8. The number of amides is 1. The Hall–Kier alpha value is -3.22. The van der Waals surface area contributed by atoms with Crippen molar-refractivity contribution in [3.05, 3.63) is 58.9 Å². The summed E-state index contributed by atoms with van der Waals surface area (Å²) in [5.41, 5.74) is 5.12. The molecule has 0 spiro atoms. The Kier molecular flexibility index (Phi) is 5.53. The van der Waals surface area contributed by atoms with Crippen LogP contribution in [-0.2, 0) is 4.79 Å². The Balaban J connectivity index is 1.37. The van der Waals surface area contributed by atoms with Crippen molar-refractivity contribution in [1.82, 2.24) is 20.0 Å². The molecule has 0 bridgehead atoms. The lowest BCUT2D eigenvalue weighted by atomic mass is 9.95. The lowest BCUT2D eigenvalue weighted by molar-refractivity contribution is -0.120. The number of rotatable bonds is 4. The number of carbonyl (C=O) groups is 1. The van der Waals surface area contributed by atoms with Crippen LogP contribution in [0.5, 0.6) is 0 Å².